The van der Waals surface area contributed by atoms with Crippen molar-refractivity contribution in [2.24, 2.45) is 0 Å². The van der Waals surface area contributed by atoms with Crippen LogP contribution in [0, 0.1) is 0 Å². The van der Waals surface area contributed by atoms with Crippen molar-refractivity contribution in [3.63, 3.8) is 0 Å². The van der Waals surface area contributed by atoms with E-state index in [0.717, 1.165) is 11.1 Å². The van der Waals surface area contributed by atoms with Gasteiger partial charge in [-0.15, -0.1) is 0 Å². The third-order valence-electron chi connectivity index (χ3n) is 5.67. The highest BCUT2D eigenvalue weighted by molar-refractivity contribution is 5.96. The van der Waals surface area contributed by atoms with E-state index in [2.05, 4.69) is 16.0 Å². The van der Waals surface area contributed by atoms with Crippen LogP contribution in [0.3, 0.4) is 0 Å². The number of nitrogens with one attached hydrogen (secondary N) is 3. The number of furan rings is 1. The predicted octanol–water partition coefficient (Wildman–Crippen LogP) is 4.60. The molecule has 1 aromatic heterocycles. The molecule has 0 unspecified atom stereocenters. The maximum Gasteiger partial charge on any atom is 0.287 e. The molecule has 3 N–H and O–H groups in total. The summed E-state index contributed by atoms with van der Waals surface area (Å²) < 4.78 is 5.02. The van der Waals surface area contributed by atoms with Crippen LogP contribution in [0.2, 0.25) is 0 Å². The normalized spacial score (nSPS) is 10.6. The molecule has 0 atom stereocenters. The Balaban J connectivity index is 1.28. The fourth-order valence-corrected chi connectivity index (χ4v) is 3.85. The van der Waals surface area contributed by atoms with Gasteiger partial charge in [0.2, 0.25) is 5.91 Å². The van der Waals surface area contributed by atoms with Gasteiger partial charge in [-0.2, -0.15) is 0 Å². The van der Waals surface area contributed by atoms with Crippen LogP contribution in [-0.4, -0.2) is 30.8 Å². The molecule has 0 saturated heterocycles. The van der Waals surface area contributed by atoms with Crippen LogP contribution < -0.4 is 16.0 Å². The van der Waals surface area contributed by atoms with Crippen LogP contribution in [0.15, 0.2) is 108 Å². The van der Waals surface area contributed by atoms with Gasteiger partial charge in [-0.25, -0.2) is 0 Å². The summed E-state index contributed by atoms with van der Waals surface area (Å²) in [7, 11) is 0. The lowest BCUT2D eigenvalue weighted by atomic mass is 9.88. The zero-order chi connectivity index (χ0) is 25.2. The predicted molar refractivity (Wildman–Crippen MR) is 138 cm³/mol. The molecular weight excluding hydrogens is 454 g/mol. The molecule has 7 nitrogen and oxygen atoms in total. The second kappa shape index (κ2) is 12.2. The maximum absolute atomic E-state index is 12.9. The number of carbonyl (C=O) groups is 3. The molecule has 7 heteroatoms. The van der Waals surface area contributed by atoms with Crippen molar-refractivity contribution in [2.75, 3.05) is 18.4 Å². The first-order chi connectivity index (χ1) is 17.6. The summed E-state index contributed by atoms with van der Waals surface area (Å²) >= 11 is 0. The number of amides is 3. The minimum absolute atomic E-state index is 0.0641. The maximum atomic E-state index is 12.9. The average molecular weight is 482 g/mol. The summed E-state index contributed by atoms with van der Waals surface area (Å²) in [5.41, 5.74) is 3.22. The van der Waals surface area contributed by atoms with E-state index in [1.165, 1.54) is 6.26 Å². The molecule has 0 aliphatic rings. The number of rotatable bonds is 10. The van der Waals surface area contributed by atoms with Crippen molar-refractivity contribution >= 4 is 23.4 Å². The van der Waals surface area contributed by atoms with Crippen LogP contribution in [0.25, 0.3) is 0 Å². The standard InChI is InChI=1S/C29H27N3O4/c33-27(20-25(21-8-3-1-4-9-21)22-10-5-2-6-11-22)32-24-15-13-23(14-16-24)28(34)30-17-18-31-29(35)26-12-7-19-36-26/h1-16,19,25H,17-18,20H2,(H,30,34)(H,31,35)(H,32,33). The van der Waals surface area contributed by atoms with Crippen LogP contribution >= 0.6 is 0 Å². The van der Waals surface area contributed by atoms with Crippen molar-refractivity contribution in [1.82, 2.24) is 10.6 Å². The summed E-state index contributed by atoms with van der Waals surface area (Å²) in [6, 6.07) is 29.8. The van der Waals surface area contributed by atoms with E-state index in [1.54, 1.807) is 36.4 Å². The molecule has 3 amide bonds. The first-order valence-corrected chi connectivity index (χ1v) is 11.7. The van der Waals surface area contributed by atoms with Gasteiger partial charge in [0.25, 0.3) is 11.8 Å². The zero-order valence-electron chi connectivity index (χ0n) is 19.6. The Morgan fingerprint density at radius 1 is 0.667 bits per heavy atom. The Kier molecular flexibility index (Phi) is 8.27. The van der Waals surface area contributed by atoms with Gasteiger partial charge in [-0.3, -0.25) is 14.4 Å². The lowest BCUT2D eigenvalue weighted by Gasteiger charge is -2.18. The molecule has 0 radical (unpaired) electrons. The van der Waals surface area contributed by atoms with Crippen molar-refractivity contribution in [3.8, 4) is 0 Å². The monoisotopic (exact) mass is 481 g/mol. The highest BCUT2D eigenvalue weighted by Crippen LogP contribution is 2.28. The topological polar surface area (TPSA) is 100 Å². The minimum atomic E-state index is -0.337. The molecule has 1 heterocycles. The quantitative estimate of drug-likeness (QED) is 0.288. The van der Waals surface area contributed by atoms with Crippen LogP contribution in [0.1, 0.15) is 44.4 Å². The van der Waals surface area contributed by atoms with Gasteiger partial charge in [0.1, 0.15) is 0 Å². The molecule has 0 fully saturated rings. The summed E-state index contributed by atoms with van der Waals surface area (Å²) in [6.07, 6.45) is 1.72. The van der Waals surface area contributed by atoms with Crippen LogP contribution in [0.4, 0.5) is 5.69 Å². The van der Waals surface area contributed by atoms with E-state index in [9.17, 15) is 14.4 Å². The Morgan fingerprint density at radius 2 is 1.25 bits per heavy atom. The Hall–Kier alpha value is -4.65. The third-order valence-corrected chi connectivity index (χ3v) is 5.67. The largest absolute Gasteiger partial charge is 0.459 e. The number of hydrogen-bond donors (Lipinski definition) is 3. The molecule has 3 aromatic carbocycles. The molecule has 0 aliphatic heterocycles. The van der Waals surface area contributed by atoms with Gasteiger partial charge in [-0.1, -0.05) is 60.7 Å². The lowest BCUT2D eigenvalue weighted by molar-refractivity contribution is -0.116. The Morgan fingerprint density at radius 3 is 1.81 bits per heavy atom. The molecule has 0 spiro atoms. The number of carbonyl (C=O) groups excluding carboxylic acids is 3. The summed E-state index contributed by atoms with van der Waals surface area (Å²) in [5.74, 6) is -0.565. The summed E-state index contributed by atoms with van der Waals surface area (Å²) in [5, 5.41) is 8.35. The van der Waals surface area contributed by atoms with E-state index in [1.807, 2.05) is 60.7 Å². The van der Waals surface area contributed by atoms with Gasteiger partial charge in [-0.05, 0) is 47.5 Å². The molecule has 0 aliphatic carbocycles. The van der Waals surface area contributed by atoms with E-state index in [0.29, 0.717) is 17.7 Å². The molecule has 4 aromatic rings. The van der Waals surface area contributed by atoms with Gasteiger partial charge < -0.3 is 20.4 Å². The average Bonchev–Trinajstić information content (AvgIpc) is 3.46. The molecule has 182 valence electrons. The molecule has 0 saturated carbocycles. The van der Waals surface area contributed by atoms with Crippen molar-refractivity contribution < 1.29 is 18.8 Å². The van der Waals surface area contributed by atoms with Gasteiger partial charge in [0.05, 0.1) is 6.26 Å². The highest BCUT2D eigenvalue weighted by Gasteiger charge is 2.18. The minimum Gasteiger partial charge on any atom is -0.459 e. The molecule has 0 bridgehead atoms. The van der Waals surface area contributed by atoms with Crippen molar-refractivity contribution in [3.05, 3.63) is 126 Å². The zero-order valence-corrected chi connectivity index (χ0v) is 19.6. The lowest BCUT2D eigenvalue weighted by Crippen LogP contribution is -2.34. The van der Waals surface area contributed by atoms with E-state index < -0.39 is 0 Å². The Labute approximate surface area is 209 Å². The number of anilines is 1. The number of benzene rings is 3. The van der Waals surface area contributed by atoms with E-state index >= 15 is 0 Å². The third kappa shape index (κ3) is 6.70. The smallest absolute Gasteiger partial charge is 0.287 e. The molecule has 4 rings (SSSR count). The Bertz CT molecular complexity index is 1230. The fraction of sp³-hybridized carbons (Fsp3) is 0.138. The SMILES string of the molecule is O=C(CC(c1ccccc1)c1ccccc1)Nc1ccc(C(=O)NCCNC(=O)c2ccco2)cc1. The molecular formula is C29H27N3O4. The second-order valence-electron chi connectivity index (χ2n) is 8.19. The van der Waals surface area contributed by atoms with Gasteiger partial charge >= 0.3 is 0 Å². The molecule has 36 heavy (non-hydrogen) atoms. The second-order valence-corrected chi connectivity index (χ2v) is 8.19. The first-order valence-electron chi connectivity index (χ1n) is 11.7. The highest BCUT2D eigenvalue weighted by atomic mass is 16.3. The van der Waals surface area contributed by atoms with E-state index in [4.69, 9.17) is 4.42 Å². The van der Waals surface area contributed by atoms with Crippen LogP contribution in [0.5, 0.6) is 0 Å². The van der Waals surface area contributed by atoms with Gasteiger partial charge in [0, 0.05) is 36.7 Å². The van der Waals surface area contributed by atoms with Crippen molar-refractivity contribution in [2.45, 2.75) is 12.3 Å². The van der Waals surface area contributed by atoms with E-state index in [-0.39, 0.29) is 42.5 Å². The first kappa shape index (κ1) is 24.5. The fourth-order valence-electron chi connectivity index (χ4n) is 3.85. The van der Waals surface area contributed by atoms with Crippen LogP contribution in [-0.2, 0) is 4.79 Å². The summed E-state index contributed by atoms with van der Waals surface area (Å²) in [4.78, 5) is 37.1. The number of hydrogen-bond acceptors (Lipinski definition) is 4. The van der Waals surface area contributed by atoms with Gasteiger partial charge in [0.15, 0.2) is 5.76 Å². The van der Waals surface area contributed by atoms with Crippen molar-refractivity contribution in [1.29, 1.82) is 0 Å². The summed E-state index contributed by atoms with van der Waals surface area (Å²) in [6.45, 7) is 0.535.